The zero-order chi connectivity index (χ0) is 17.2. The van der Waals surface area contributed by atoms with Crippen molar-refractivity contribution in [2.24, 2.45) is 4.99 Å². The molecule has 0 atom stereocenters. The van der Waals surface area contributed by atoms with Gasteiger partial charge in [-0.3, -0.25) is 0 Å². The number of thiazole rings is 1. The topological polar surface area (TPSA) is 51.5 Å². The molecule has 1 aromatic heterocycles. The van der Waals surface area contributed by atoms with Gasteiger partial charge in [-0.1, -0.05) is 36.4 Å². The maximum atomic E-state index is 13.3. The minimum atomic E-state index is -0.575. The number of nitrogens with zero attached hydrogens (tertiary/aromatic N) is 2. The molecular weight excluding hydrogens is 339 g/mol. The zero-order valence-corrected chi connectivity index (χ0v) is 13.7. The molecule has 0 unspecified atom stereocenters. The Morgan fingerprint density at radius 2 is 1.84 bits per heavy atom. The fourth-order valence-electron chi connectivity index (χ4n) is 2.36. The molecule has 0 fully saturated rings. The second-order valence-electron chi connectivity index (χ2n) is 5.29. The van der Waals surface area contributed by atoms with Crippen LogP contribution in [0, 0.1) is 5.82 Å². The van der Waals surface area contributed by atoms with Crippen molar-refractivity contribution < 1.29 is 13.9 Å². The van der Waals surface area contributed by atoms with E-state index < -0.39 is 11.8 Å². The van der Waals surface area contributed by atoms with Gasteiger partial charge in [0.1, 0.15) is 10.8 Å². The number of carbonyl (C=O) groups is 1. The number of benzene rings is 2. The Morgan fingerprint density at radius 1 is 1.04 bits per heavy atom. The van der Waals surface area contributed by atoms with Crippen LogP contribution in [0.3, 0.4) is 0 Å². The van der Waals surface area contributed by atoms with Crippen LogP contribution in [0.5, 0.6) is 0 Å². The van der Waals surface area contributed by atoms with Crippen LogP contribution in [0.1, 0.15) is 11.3 Å². The third-order valence-electron chi connectivity index (χ3n) is 3.52. The van der Waals surface area contributed by atoms with Crippen LogP contribution in [0.25, 0.3) is 16.6 Å². The van der Waals surface area contributed by atoms with Crippen LogP contribution in [0.2, 0.25) is 0 Å². The first-order valence-corrected chi connectivity index (χ1v) is 8.36. The van der Waals surface area contributed by atoms with Gasteiger partial charge in [-0.05, 0) is 24.3 Å². The fraction of sp³-hybridized carbons (Fsp3) is 0. The van der Waals surface area contributed by atoms with Gasteiger partial charge in [0.05, 0.1) is 5.69 Å². The van der Waals surface area contributed by atoms with Crippen LogP contribution in [-0.4, -0.2) is 16.9 Å². The Labute approximate surface area is 147 Å². The predicted molar refractivity (Wildman–Crippen MR) is 94.6 cm³/mol. The number of cyclic esters (lactones) is 1. The van der Waals surface area contributed by atoms with Gasteiger partial charge in [-0.2, -0.15) is 0 Å². The molecule has 1 aliphatic rings. The lowest BCUT2D eigenvalue weighted by molar-refractivity contribution is -0.129. The van der Waals surface area contributed by atoms with E-state index in [0.29, 0.717) is 11.3 Å². The average Bonchev–Trinajstić information content (AvgIpc) is 3.24. The second kappa shape index (κ2) is 6.41. The fourth-order valence-corrected chi connectivity index (χ4v) is 3.14. The Bertz CT molecular complexity index is 1010. The quantitative estimate of drug-likeness (QED) is 0.523. The van der Waals surface area contributed by atoms with Crippen molar-refractivity contribution >= 4 is 29.3 Å². The molecule has 0 aliphatic carbocycles. The molecule has 1 aliphatic heterocycles. The highest BCUT2D eigenvalue weighted by Crippen LogP contribution is 2.25. The summed E-state index contributed by atoms with van der Waals surface area (Å²) in [6, 6.07) is 15.5. The number of aromatic nitrogens is 1. The Balaban J connectivity index is 1.63. The maximum Gasteiger partial charge on any atom is 0.363 e. The van der Waals surface area contributed by atoms with E-state index in [9.17, 15) is 9.18 Å². The first-order valence-electron chi connectivity index (χ1n) is 7.48. The van der Waals surface area contributed by atoms with E-state index in [0.717, 1.165) is 10.6 Å². The van der Waals surface area contributed by atoms with Crippen LogP contribution >= 0.6 is 11.3 Å². The molecule has 0 bridgehead atoms. The summed E-state index contributed by atoms with van der Waals surface area (Å²) in [6.45, 7) is 0. The van der Waals surface area contributed by atoms with Crippen LogP contribution in [0.15, 0.2) is 70.7 Å². The third kappa shape index (κ3) is 3.25. The van der Waals surface area contributed by atoms with Crippen molar-refractivity contribution in [2.75, 3.05) is 0 Å². The number of ether oxygens (including phenoxy) is 1. The van der Waals surface area contributed by atoms with E-state index >= 15 is 0 Å². The van der Waals surface area contributed by atoms with E-state index in [1.807, 2.05) is 35.7 Å². The Hall–Kier alpha value is -3.12. The van der Waals surface area contributed by atoms with Gasteiger partial charge >= 0.3 is 5.97 Å². The van der Waals surface area contributed by atoms with E-state index in [1.54, 1.807) is 12.1 Å². The summed E-state index contributed by atoms with van der Waals surface area (Å²) < 4.78 is 18.4. The van der Waals surface area contributed by atoms with E-state index in [4.69, 9.17) is 4.74 Å². The van der Waals surface area contributed by atoms with E-state index in [1.165, 1.54) is 29.5 Å². The molecular formula is C19H11FN2O2S. The number of aliphatic imine (C=N–C) groups is 1. The van der Waals surface area contributed by atoms with Gasteiger partial charge in [-0.15, -0.1) is 11.3 Å². The number of hydrogen-bond acceptors (Lipinski definition) is 5. The van der Waals surface area contributed by atoms with Gasteiger partial charge in [-0.25, -0.2) is 19.2 Å². The minimum absolute atomic E-state index is 0.0919. The standard InChI is InChI=1S/C19H11FN2O2S/c20-14-8-4-7-13(9-14)17-22-16(19(23)24-17)10-15-11-25-18(21-15)12-5-2-1-3-6-12/h1-11H/b16-10+. The first-order chi connectivity index (χ1) is 12.2. The highest BCUT2D eigenvalue weighted by Gasteiger charge is 2.24. The maximum absolute atomic E-state index is 13.3. The molecule has 0 amide bonds. The number of hydrogen-bond donors (Lipinski definition) is 0. The largest absolute Gasteiger partial charge is 0.402 e. The summed E-state index contributed by atoms with van der Waals surface area (Å²) in [7, 11) is 0. The lowest BCUT2D eigenvalue weighted by Crippen LogP contribution is -2.05. The molecule has 2 heterocycles. The van der Waals surface area contributed by atoms with Gasteiger partial charge in [0.25, 0.3) is 0 Å². The SMILES string of the molecule is O=C1OC(c2cccc(F)c2)=N/C1=C/c1csc(-c2ccccc2)n1. The molecule has 25 heavy (non-hydrogen) atoms. The summed E-state index contributed by atoms with van der Waals surface area (Å²) in [5.41, 5.74) is 2.19. The molecule has 3 aromatic rings. The molecule has 0 saturated heterocycles. The van der Waals surface area contributed by atoms with Crippen molar-refractivity contribution in [1.29, 1.82) is 0 Å². The molecule has 4 rings (SSSR count). The van der Waals surface area contributed by atoms with Gasteiger partial charge in [0.15, 0.2) is 5.70 Å². The molecule has 0 radical (unpaired) electrons. The van der Waals surface area contributed by atoms with Gasteiger partial charge in [0.2, 0.25) is 5.90 Å². The second-order valence-corrected chi connectivity index (χ2v) is 6.15. The number of carbonyl (C=O) groups excluding carboxylic acids is 1. The average molecular weight is 350 g/mol. The van der Waals surface area contributed by atoms with Gasteiger partial charge in [0, 0.05) is 16.5 Å². The van der Waals surface area contributed by atoms with Crippen molar-refractivity contribution in [3.63, 3.8) is 0 Å². The zero-order valence-electron chi connectivity index (χ0n) is 12.8. The molecule has 0 spiro atoms. The summed E-state index contributed by atoms with van der Waals surface area (Å²) in [5.74, 6) is -0.900. The molecule has 122 valence electrons. The number of esters is 1. The monoisotopic (exact) mass is 350 g/mol. The summed E-state index contributed by atoms with van der Waals surface area (Å²) in [5, 5.41) is 2.70. The van der Waals surface area contributed by atoms with Gasteiger partial charge < -0.3 is 4.74 Å². The van der Waals surface area contributed by atoms with Crippen molar-refractivity contribution in [2.45, 2.75) is 0 Å². The summed E-state index contributed by atoms with van der Waals surface area (Å²) in [4.78, 5) is 20.7. The summed E-state index contributed by atoms with van der Waals surface area (Å²) in [6.07, 6.45) is 1.57. The molecule has 4 nitrogen and oxygen atoms in total. The van der Waals surface area contributed by atoms with Crippen molar-refractivity contribution in [1.82, 2.24) is 4.98 Å². The highest BCUT2D eigenvalue weighted by molar-refractivity contribution is 7.13. The van der Waals surface area contributed by atoms with Crippen molar-refractivity contribution in [3.05, 3.63) is 82.7 Å². The van der Waals surface area contributed by atoms with E-state index in [-0.39, 0.29) is 11.6 Å². The molecule has 2 aromatic carbocycles. The normalized spacial score (nSPS) is 15.3. The van der Waals surface area contributed by atoms with Crippen LogP contribution < -0.4 is 0 Å². The van der Waals surface area contributed by atoms with Crippen LogP contribution in [-0.2, 0) is 9.53 Å². The van der Waals surface area contributed by atoms with Crippen LogP contribution in [0.4, 0.5) is 4.39 Å². The third-order valence-corrected chi connectivity index (χ3v) is 4.43. The Kier molecular flexibility index (Phi) is 3.95. The smallest absolute Gasteiger partial charge is 0.363 e. The summed E-state index contributed by atoms with van der Waals surface area (Å²) >= 11 is 1.48. The predicted octanol–water partition coefficient (Wildman–Crippen LogP) is 4.29. The molecule has 0 N–H and O–H groups in total. The first kappa shape index (κ1) is 15.4. The lowest BCUT2D eigenvalue weighted by atomic mass is 10.2. The van der Waals surface area contributed by atoms with E-state index in [2.05, 4.69) is 9.98 Å². The lowest BCUT2D eigenvalue weighted by Gasteiger charge is -1.98. The number of rotatable bonds is 3. The minimum Gasteiger partial charge on any atom is -0.402 e. The molecule has 0 saturated carbocycles. The highest BCUT2D eigenvalue weighted by atomic mass is 32.1. The Morgan fingerprint density at radius 3 is 2.64 bits per heavy atom. The number of halogens is 1. The molecule has 6 heteroatoms. The van der Waals surface area contributed by atoms with Crippen molar-refractivity contribution in [3.8, 4) is 10.6 Å².